The number of piperidine rings is 2. The van der Waals surface area contributed by atoms with Crippen molar-refractivity contribution in [1.82, 2.24) is 24.8 Å². The van der Waals surface area contributed by atoms with Crippen molar-refractivity contribution in [2.24, 2.45) is 0 Å². The molecule has 3 aliphatic rings. The zero-order chi connectivity index (χ0) is 40.1. The maximum atomic E-state index is 12.3. The molecule has 0 saturated carbocycles. The van der Waals surface area contributed by atoms with Crippen molar-refractivity contribution in [1.29, 1.82) is 0 Å². The smallest absolute Gasteiger partial charge is 0.327 e. The molecule has 3 aliphatic heterocycles. The molecule has 1 aromatic carbocycles. The third-order valence-electron chi connectivity index (χ3n) is 10.7. The van der Waals surface area contributed by atoms with Crippen LogP contribution in [-0.4, -0.2) is 144 Å². The number of aliphatic hydroxyl groups excluding tert-OH is 4. The Morgan fingerprint density at radius 1 is 0.754 bits per heavy atom. The van der Waals surface area contributed by atoms with E-state index in [4.69, 9.17) is 36.3 Å². The van der Waals surface area contributed by atoms with Gasteiger partial charge in [-0.25, -0.2) is 14.8 Å². The first-order chi connectivity index (χ1) is 27.9. The Balaban J connectivity index is 0.000000221. The molecule has 0 spiro atoms. The lowest BCUT2D eigenvalue weighted by molar-refractivity contribution is -0.147. The predicted octanol–water partition coefficient (Wildman–Crippen LogP) is 3.66. The fourth-order valence-corrected chi connectivity index (χ4v) is 8.91. The van der Waals surface area contributed by atoms with Gasteiger partial charge in [-0.3, -0.25) is 4.90 Å². The Morgan fingerprint density at radius 2 is 1.26 bits per heavy atom. The van der Waals surface area contributed by atoms with E-state index in [0.717, 1.165) is 88.6 Å². The van der Waals surface area contributed by atoms with Crippen LogP contribution in [0.5, 0.6) is 0 Å². The molecule has 17 heteroatoms. The molecule has 0 aliphatic carbocycles. The number of fused-ring (bicyclic) bond motifs is 2. The number of carbonyl (C=O) groups excluding carboxylic acids is 1. The van der Waals surface area contributed by atoms with Crippen LogP contribution in [0.25, 0.3) is 11.0 Å². The van der Waals surface area contributed by atoms with Crippen LogP contribution in [0.2, 0.25) is 5.02 Å². The normalized spacial score (nSPS) is 16.5. The molecular formula is C40H56ClN9O6S. The number of thiophene rings is 1. The summed E-state index contributed by atoms with van der Waals surface area (Å²) in [6, 6.07) is 9.16. The minimum absolute atomic E-state index is 0.0772. The van der Waals surface area contributed by atoms with Gasteiger partial charge >= 0.3 is 5.97 Å². The molecule has 1 atom stereocenters. The van der Waals surface area contributed by atoms with Gasteiger partial charge < -0.3 is 44.8 Å². The number of halogens is 1. The lowest BCUT2D eigenvalue weighted by Gasteiger charge is -2.33. The quantitative estimate of drug-likeness (QED) is 0.128. The molecule has 3 aromatic heterocycles. The predicted molar refractivity (Wildman–Crippen MR) is 225 cm³/mol. The maximum absolute atomic E-state index is 12.3. The molecule has 4 aromatic rings. The number of rotatable bonds is 15. The van der Waals surface area contributed by atoms with E-state index in [2.05, 4.69) is 26.1 Å². The minimum atomic E-state index is -0.447. The summed E-state index contributed by atoms with van der Waals surface area (Å²) < 4.78 is 5.01. The molecule has 7 rings (SSSR count). The Bertz CT molecular complexity index is 1800. The van der Waals surface area contributed by atoms with Crippen LogP contribution in [0, 0.1) is 0 Å². The van der Waals surface area contributed by atoms with E-state index < -0.39 is 6.04 Å². The van der Waals surface area contributed by atoms with E-state index in [-0.39, 0.29) is 32.4 Å². The van der Waals surface area contributed by atoms with Crippen molar-refractivity contribution in [2.75, 3.05) is 112 Å². The van der Waals surface area contributed by atoms with E-state index in [0.29, 0.717) is 54.1 Å². The Morgan fingerprint density at radius 3 is 1.74 bits per heavy atom. The van der Waals surface area contributed by atoms with E-state index in [1.165, 1.54) is 30.4 Å². The topological polar surface area (TPSA) is 175 Å². The third kappa shape index (κ3) is 10.4. The van der Waals surface area contributed by atoms with Crippen molar-refractivity contribution in [3.63, 3.8) is 0 Å². The van der Waals surface area contributed by atoms with Crippen LogP contribution in [-0.2, 0) is 22.5 Å². The lowest BCUT2D eigenvalue weighted by atomic mass is 10.0. The minimum Gasteiger partial charge on any atom is -0.468 e. The highest BCUT2D eigenvalue weighted by molar-refractivity contribution is 7.10. The van der Waals surface area contributed by atoms with Crippen molar-refractivity contribution in [3.8, 4) is 0 Å². The van der Waals surface area contributed by atoms with Crippen LogP contribution >= 0.6 is 22.9 Å². The monoisotopic (exact) mass is 825 g/mol. The SMILES string of the molecule is COC(=O)[C@H](c1ccccc1Cl)N1CCc2sccc2C1.OCCN(CCO)c1nc(N2CCCCC2)c2nc(N(CCO)CCO)nc(N3CCCCC3)c2n1. The molecule has 6 heterocycles. The van der Waals surface area contributed by atoms with E-state index in [1.54, 1.807) is 21.1 Å². The van der Waals surface area contributed by atoms with E-state index >= 15 is 0 Å². The van der Waals surface area contributed by atoms with Gasteiger partial charge in [-0.05, 0) is 73.6 Å². The first-order valence-corrected chi connectivity index (χ1v) is 21.3. The first-order valence-electron chi connectivity index (χ1n) is 20.0. The number of esters is 1. The zero-order valence-electron chi connectivity index (χ0n) is 32.8. The summed E-state index contributed by atoms with van der Waals surface area (Å²) in [6.07, 6.45) is 7.57. The summed E-state index contributed by atoms with van der Waals surface area (Å²) in [5, 5.41) is 41.3. The van der Waals surface area contributed by atoms with Gasteiger partial charge in [0.1, 0.15) is 17.1 Å². The number of aromatic nitrogens is 4. The highest BCUT2D eigenvalue weighted by Gasteiger charge is 2.33. The van der Waals surface area contributed by atoms with E-state index in [1.807, 2.05) is 24.3 Å². The fraction of sp³-hybridized carbons (Fsp3) is 0.575. The van der Waals surface area contributed by atoms with Gasteiger partial charge in [0.05, 0.1) is 33.5 Å². The lowest BCUT2D eigenvalue weighted by Crippen LogP contribution is -2.38. The second kappa shape index (κ2) is 21.2. The zero-order valence-corrected chi connectivity index (χ0v) is 34.4. The molecule has 57 heavy (non-hydrogen) atoms. The Hall–Kier alpha value is -3.90. The summed E-state index contributed by atoms with van der Waals surface area (Å²) in [7, 11) is 1.42. The van der Waals surface area contributed by atoms with Gasteiger partial charge in [-0.1, -0.05) is 29.8 Å². The largest absolute Gasteiger partial charge is 0.468 e. The number of methoxy groups -OCH3 is 1. The van der Waals surface area contributed by atoms with Gasteiger partial charge in [-0.15, -0.1) is 11.3 Å². The Kier molecular flexibility index (Phi) is 15.9. The van der Waals surface area contributed by atoms with Gasteiger partial charge in [-0.2, -0.15) is 9.97 Å². The molecular weight excluding hydrogens is 770 g/mol. The number of nitrogens with zero attached hydrogens (tertiary/aromatic N) is 9. The van der Waals surface area contributed by atoms with Crippen molar-refractivity contribution < 1.29 is 30.0 Å². The van der Waals surface area contributed by atoms with Gasteiger partial charge in [0.2, 0.25) is 11.9 Å². The third-order valence-corrected chi connectivity index (χ3v) is 12.0. The number of anilines is 4. The van der Waals surface area contributed by atoms with Crippen molar-refractivity contribution in [3.05, 3.63) is 56.7 Å². The number of aliphatic hydroxyl groups is 4. The molecule has 310 valence electrons. The second-order valence-corrected chi connectivity index (χ2v) is 15.8. The van der Waals surface area contributed by atoms with Crippen molar-refractivity contribution >= 4 is 63.5 Å². The molecule has 2 fully saturated rings. The first kappa shape index (κ1) is 42.7. The number of hydrogen-bond acceptors (Lipinski definition) is 16. The average Bonchev–Trinajstić information content (AvgIpc) is 3.73. The molecule has 0 unspecified atom stereocenters. The van der Waals surface area contributed by atoms with Crippen LogP contribution in [0.1, 0.15) is 60.6 Å². The summed E-state index contributed by atoms with van der Waals surface area (Å²) >= 11 is 8.07. The number of ether oxygens (including phenoxy) is 1. The molecule has 4 N–H and O–H groups in total. The van der Waals surface area contributed by atoms with Gasteiger partial charge in [0.25, 0.3) is 0 Å². The summed E-state index contributed by atoms with van der Waals surface area (Å²) in [5.74, 6) is 2.09. The average molecular weight is 826 g/mol. The number of hydrogen-bond donors (Lipinski definition) is 4. The molecule has 0 bridgehead atoms. The van der Waals surface area contributed by atoms with Gasteiger partial charge in [0, 0.05) is 75.3 Å². The molecule has 0 radical (unpaired) electrons. The molecule has 2 saturated heterocycles. The molecule has 0 amide bonds. The number of benzene rings is 1. The van der Waals surface area contributed by atoms with Crippen LogP contribution < -0.4 is 19.6 Å². The second-order valence-electron chi connectivity index (χ2n) is 14.4. The standard InChI is InChI=1S/C24H40N8O4.C16H16ClNO2S/c33-15-11-31(12-16-34)23-26-20-19(21(27-23)29-7-3-1-4-8-29)25-24(32(13-17-35)14-18-36)28-22(20)30-9-5-2-6-10-30;1-20-16(19)15(12-4-2-3-5-13(12)17)18-8-6-14-11(10-18)7-9-21-14/h33-36H,1-18H2;2-5,7,9,15H,6,8,10H2,1H3/t;15-/m.0/s1. The number of carbonyl (C=O) groups is 1. The summed E-state index contributed by atoms with van der Waals surface area (Å²) in [5.41, 5.74) is 3.41. The van der Waals surface area contributed by atoms with Crippen LogP contribution in [0.4, 0.5) is 23.5 Å². The summed E-state index contributed by atoms with van der Waals surface area (Å²) in [4.78, 5) is 43.6. The van der Waals surface area contributed by atoms with Crippen LogP contribution in [0.15, 0.2) is 35.7 Å². The molecule has 15 nitrogen and oxygen atoms in total. The highest BCUT2D eigenvalue weighted by Crippen LogP contribution is 2.36. The fourth-order valence-electron chi connectivity index (χ4n) is 7.78. The summed E-state index contributed by atoms with van der Waals surface area (Å²) in [6.45, 7) is 5.96. The Labute approximate surface area is 343 Å². The van der Waals surface area contributed by atoms with Crippen molar-refractivity contribution in [2.45, 2.75) is 57.5 Å². The van der Waals surface area contributed by atoms with E-state index in [9.17, 15) is 25.2 Å². The highest BCUT2D eigenvalue weighted by atomic mass is 35.5. The van der Waals surface area contributed by atoms with Gasteiger partial charge in [0.15, 0.2) is 11.6 Å². The maximum Gasteiger partial charge on any atom is 0.327 e. The van der Waals surface area contributed by atoms with Crippen LogP contribution in [0.3, 0.4) is 0 Å².